The highest BCUT2D eigenvalue weighted by atomic mass is 16.5. The Hall–Kier alpha value is -3.42. The summed E-state index contributed by atoms with van der Waals surface area (Å²) < 4.78 is 5.21. The minimum Gasteiger partial charge on any atom is -0.497 e. The van der Waals surface area contributed by atoms with E-state index in [2.05, 4.69) is 30.9 Å². The molecule has 3 rings (SSSR count). The molecule has 2 aromatic heterocycles. The molecule has 25 heavy (non-hydrogen) atoms. The summed E-state index contributed by atoms with van der Waals surface area (Å²) in [7, 11) is 1.62. The molecule has 0 aliphatic heterocycles. The Labute approximate surface area is 144 Å². The van der Waals surface area contributed by atoms with Gasteiger partial charge in [-0.25, -0.2) is 19.7 Å². The van der Waals surface area contributed by atoms with Crippen LogP contribution in [0.5, 0.6) is 5.75 Å². The fraction of sp³-hybridized carbons (Fsp3) is 0.176. The summed E-state index contributed by atoms with van der Waals surface area (Å²) in [6.07, 6.45) is 1.49. The van der Waals surface area contributed by atoms with Crippen LogP contribution in [0.3, 0.4) is 0 Å². The van der Waals surface area contributed by atoms with Gasteiger partial charge in [0.05, 0.1) is 13.3 Å². The Morgan fingerprint density at radius 2 is 2.00 bits per heavy atom. The number of carbonyl (C=O) groups is 1. The van der Waals surface area contributed by atoms with E-state index in [9.17, 15) is 4.79 Å². The maximum atomic E-state index is 11.6. The zero-order valence-electron chi connectivity index (χ0n) is 13.9. The van der Waals surface area contributed by atoms with E-state index in [4.69, 9.17) is 4.74 Å². The molecule has 0 aliphatic rings. The van der Waals surface area contributed by atoms with Crippen molar-refractivity contribution in [2.75, 3.05) is 24.3 Å². The molecule has 0 atom stereocenters. The third-order valence-electron chi connectivity index (χ3n) is 3.33. The van der Waals surface area contributed by atoms with E-state index in [1.54, 1.807) is 7.11 Å². The molecule has 2 amide bonds. The third-order valence-corrected chi connectivity index (χ3v) is 3.33. The average molecular weight is 338 g/mol. The second kappa shape index (κ2) is 7.43. The Morgan fingerprint density at radius 1 is 1.16 bits per heavy atom. The molecule has 0 radical (unpaired) electrons. The quantitative estimate of drug-likeness (QED) is 0.661. The Kier molecular flexibility index (Phi) is 4.89. The number of rotatable bonds is 5. The van der Waals surface area contributed by atoms with E-state index >= 15 is 0 Å². The van der Waals surface area contributed by atoms with Gasteiger partial charge < -0.3 is 15.4 Å². The largest absolute Gasteiger partial charge is 0.497 e. The molecule has 3 aromatic rings. The molecular formula is C17H18N6O2. The van der Waals surface area contributed by atoms with Gasteiger partial charge in [-0.1, -0.05) is 6.07 Å². The number of urea groups is 1. The summed E-state index contributed by atoms with van der Waals surface area (Å²) >= 11 is 0. The van der Waals surface area contributed by atoms with Gasteiger partial charge in [-0.3, -0.25) is 5.32 Å². The number of aromatic nitrogens is 3. The number of nitrogens with zero attached hydrogens (tertiary/aromatic N) is 3. The summed E-state index contributed by atoms with van der Waals surface area (Å²) in [6.45, 7) is 2.36. The van der Waals surface area contributed by atoms with Crippen molar-refractivity contribution in [1.82, 2.24) is 20.3 Å². The van der Waals surface area contributed by atoms with Gasteiger partial charge in [-0.2, -0.15) is 0 Å². The number of hydrogen-bond donors (Lipinski definition) is 3. The summed E-state index contributed by atoms with van der Waals surface area (Å²) in [4.78, 5) is 24.6. The van der Waals surface area contributed by atoms with Crippen LogP contribution in [0.4, 0.5) is 22.1 Å². The maximum absolute atomic E-state index is 11.6. The number of ether oxygens (including phenoxy) is 1. The first-order valence-electron chi connectivity index (χ1n) is 7.77. The fourth-order valence-corrected chi connectivity index (χ4v) is 2.20. The van der Waals surface area contributed by atoms with E-state index in [0.717, 1.165) is 11.4 Å². The number of anilines is 3. The van der Waals surface area contributed by atoms with Crippen molar-refractivity contribution in [3.63, 3.8) is 0 Å². The SMILES string of the molecule is CCNC(=O)Nc1cnc2ccc(Nc3cccc(OC)c3)nc2n1. The van der Waals surface area contributed by atoms with Crippen LogP contribution >= 0.6 is 0 Å². The van der Waals surface area contributed by atoms with Crippen molar-refractivity contribution < 1.29 is 9.53 Å². The Bertz CT molecular complexity index is 899. The van der Waals surface area contributed by atoms with Gasteiger partial charge in [-0.05, 0) is 31.2 Å². The van der Waals surface area contributed by atoms with Gasteiger partial charge in [0.1, 0.15) is 17.1 Å². The molecule has 3 N–H and O–H groups in total. The van der Waals surface area contributed by atoms with E-state index in [0.29, 0.717) is 29.3 Å². The maximum Gasteiger partial charge on any atom is 0.320 e. The number of amides is 2. The number of nitrogens with one attached hydrogen (secondary N) is 3. The predicted molar refractivity (Wildman–Crippen MR) is 96.3 cm³/mol. The third kappa shape index (κ3) is 4.11. The lowest BCUT2D eigenvalue weighted by atomic mass is 10.3. The number of hydrogen-bond acceptors (Lipinski definition) is 6. The highest BCUT2D eigenvalue weighted by molar-refractivity contribution is 5.89. The predicted octanol–water partition coefficient (Wildman–Crippen LogP) is 2.92. The number of fused-ring (bicyclic) bond motifs is 1. The standard InChI is InChI=1S/C17H18N6O2/c1-3-18-17(24)23-15-10-19-13-7-8-14(21-16(13)22-15)20-11-5-4-6-12(9-11)25-2/h4-10H,3H2,1-2H3,(H3,18,20,21,22,23,24). The van der Waals surface area contributed by atoms with Crippen molar-refractivity contribution in [2.45, 2.75) is 6.92 Å². The van der Waals surface area contributed by atoms with Crippen LogP contribution in [0.2, 0.25) is 0 Å². The molecule has 128 valence electrons. The van der Waals surface area contributed by atoms with Crippen LogP contribution < -0.4 is 20.7 Å². The van der Waals surface area contributed by atoms with Crippen molar-refractivity contribution in [1.29, 1.82) is 0 Å². The van der Waals surface area contributed by atoms with Gasteiger partial charge in [0.2, 0.25) is 0 Å². The average Bonchev–Trinajstić information content (AvgIpc) is 2.62. The molecule has 0 aliphatic carbocycles. The second-order valence-corrected chi connectivity index (χ2v) is 5.14. The minimum atomic E-state index is -0.332. The van der Waals surface area contributed by atoms with Gasteiger partial charge in [0.15, 0.2) is 11.5 Å². The van der Waals surface area contributed by atoms with Gasteiger partial charge in [-0.15, -0.1) is 0 Å². The van der Waals surface area contributed by atoms with Crippen molar-refractivity contribution >= 4 is 34.5 Å². The Balaban J connectivity index is 1.83. The lowest BCUT2D eigenvalue weighted by Gasteiger charge is -2.09. The van der Waals surface area contributed by atoms with E-state index in [-0.39, 0.29) is 6.03 Å². The molecule has 8 nitrogen and oxygen atoms in total. The topological polar surface area (TPSA) is 101 Å². The Morgan fingerprint density at radius 3 is 2.80 bits per heavy atom. The van der Waals surface area contributed by atoms with Crippen LogP contribution in [0.1, 0.15) is 6.92 Å². The zero-order chi connectivity index (χ0) is 17.6. The lowest BCUT2D eigenvalue weighted by Crippen LogP contribution is -2.28. The van der Waals surface area contributed by atoms with Gasteiger partial charge >= 0.3 is 6.03 Å². The first-order chi connectivity index (χ1) is 12.2. The zero-order valence-corrected chi connectivity index (χ0v) is 13.9. The second-order valence-electron chi connectivity index (χ2n) is 5.14. The molecule has 8 heteroatoms. The monoisotopic (exact) mass is 338 g/mol. The molecule has 0 spiro atoms. The normalized spacial score (nSPS) is 10.3. The van der Waals surface area contributed by atoms with E-state index < -0.39 is 0 Å². The van der Waals surface area contributed by atoms with Crippen LogP contribution in [0, 0.1) is 0 Å². The van der Waals surface area contributed by atoms with E-state index in [1.165, 1.54) is 6.20 Å². The lowest BCUT2D eigenvalue weighted by molar-refractivity contribution is 0.252. The van der Waals surface area contributed by atoms with Crippen molar-refractivity contribution in [3.05, 3.63) is 42.6 Å². The van der Waals surface area contributed by atoms with Crippen LogP contribution in [0.15, 0.2) is 42.6 Å². The smallest absolute Gasteiger partial charge is 0.320 e. The number of carbonyl (C=O) groups excluding carboxylic acids is 1. The summed E-state index contributed by atoms with van der Waals surface area (Å²) in [5.41, 5.74) is 1.91. The van der Waals surface area contributed by atoms with E-state index in [1.807, 2.05) is 43.3 Å². The molecule has 0 bridgehead atoms. The molecule has 1 aromatic carbocycles. The fourth-order valence-electron chi connectivity index (χ4n) is 2.20. The summed E-state index contributed by atoms with van der Waals surface area (Å²) in [5, 5.41) is 8.45. The minimum absolute atomic E-state index is 0.332. The molecule has 0 saturated carbocycles. The summed E-state index contributed by atoms with van der Waals surface area (Å²) in [5.74, 6) is 1.70. The van der Waals surface area contributed by atoms with Crippen molar-refractivity contribution in [2.24, 2.45) is 0 Å². The van der Waals surface area contributed by atoms with Crippen molar-refractivity contribution in [3.8, 4) is 5.75 Å². The number of methoxy groups -OCH3 is 1. The van der Waals surface area contributed by atoms with Gasteiger partial charge in [0, 0.05) is 18.3 Å². The number of pyridine rings is 1. The highest BCUT2D eigenvalue weighted by Crippen LogP contribution is 2.21. The molecular weight excluding hydrogens is 320 g/mol. The molecule has 0 saturated heterocycles. The van der Waals surface area contributed by atoms with Crippen LogP contribution in [0.25, 0.3) is 11.2 Å². The summed E-state index contributed by atoms with van der Waals surface area (Å²) in [6, 6.07) is 10.8. The first kappa shape index (κ1) is 16.4. The first-order valence-corrected chi connectivity index (χ1v) is 7.77. The molecule has 2 heterocycles. The highest BCUT2D eigenvalue weighted by Gasteiger charge is 2.06. The molecule has 0 fully saturated rings. The van der Waals surface area contributed by atoms with Crippen LogP contribution in [-0.2, 0) is 0 Å². The number of benzene rings is 1. The van der Waals surface area contributed by atoms with Gasteiger partial charge in [0.25, 0.3) is 0 Å². The van der Waals surface area contributed by atoms with Crippen LogP contribution in [-0.4, -0.2) is 34.6 Å². The molecule has 0 unspecified atom stereocenters.